The molecule has 1 saturated carbocycles. The number of hydrogen-bond acceptors (Lipinski definition) is 2. The standard InChI is InChI=1S/C9H16N2/c10-7-8-5-3-1-2-4-6-9(8)11/h7,11H,1-6,10H2/b8-7-,11-9?. The highest BCUT2D eigenvalue weighted by Crippen LogP contribution is 2.17. The van der Waals surface area contributed by atoms with E-state index in [1.807, 2.05) is 0 Å². The summed E-state index contributed by atoms with van der Waals surface area (Å²) in [5.74, 6) is 0. The third kappa shape index (κ3) is 2.37. The Labute approximate surface area is 68.0 Å². The summed E-state index contributed by atoms with van der Waals surface area (Å²) in [5, 5.41) is 7.63. The van der Waals surface area contributed by atoms with Crippen molar-refractivity contribution in [1.82, 2.24) is 0 Å². The highest BCUT2D eigenvalue weighted by molar-refractivity contribution is 5.97. The lowest BCUT2D eigenvalue weighted by Crippen LogP contribution is -2.06. The van der Waals surface area contributed by atoms with E-state index in [4.69, 9.17) is 11.1 Å². The molecule has 0 bridgehead atoms. The Hall–Kier alpha value is -0.790. The molecule has 0 spiro atoms. The van der Waals surface area contributed by atoms with Gasteiger partial charge in [-0.2, -0.15) is 0 Å². The Morgan fingerprint density at radius 3 is 2.36 bits per heavy atom. The van der Waals surface area contributed by atoms with Gasteiger partial charge in [0.1, 0.15) is 0 Å². The highest BCUT2D eigenvalue weighted by atomic mass is 14.5. The molecule has 1 aliphatic carbocycles. The van der Waals surface area contributed by atoms with E-state index in [0.29, 0.717) is 0 Å². The molecule has 0 aromatic carbocycles. The second-order valence-corrected chi connectivity index (χ2v) is 3.08. The minimum atomic E-state index is 0.757. The first-order valence-corrected chi connectivity index (χ1v) is 4.33. The molecule has 0 aromatic rings. The highest BCUT2D eigenvalue weighted by Gasteiger charge is 2.07. The molecule has 1 rings (SSSR count). The Morgan fingerprint density at radius 1 is 1.09 bits per heavy atom. The number of nitrogens with two attached hydrogens (primary N) is 1. The molecule has 2 nitrogen and oxygen atoms in total. The zero-order valence-electron chi connectivity index (χ0n) is 6.90. The zero-order valence-corrected chi connectivity index (χ0v) is 6.90. The van der Waals surface area contributed by atoms with Crippen LogP contribution < -0.4 is 5.73 Å². The second-order valence-electron chi connectivity index (χ2n) is 3.08. The molecule has 0 amide bonds. The molecule has 11 heavy (non-hydrogen) atoms. The van der Waals surface area contributed by atoms with E-state index in [0.717, 1.165) is 30.5 Å². The second kappa shape index (κ2) is 4.16. The lowest BCUT2D eigenvalue weighted by atomic mass is 9.95. The minimum Gasteiger partial charge on any atom is -0.404 e. The van der Waals surface area contributed by atoms with Gasteiger partial charge >= 0.3 is 0 Å². The van der Waals surface area contributed by atoms with Crippen LogP contribution in [0.15, 0.2) is 11.8 Å². The Bertz CT molecular complexity index is 170. The Kier molecular flexibility index (Phi) is 3.14. The van der Waals surface area contributed by atoms with Crippen LogP contribution in [-0.2, 0) is 0 Å². The van der Waals surface area contributed by atoms with Crippen molar-refractivity contribution in [3.8, 4) is 0 Å². The van der Waals surface area contributed by atoms with Gasteiger partial charge in [0.05, 0.1) is 0 Å². The third-order valence-corrected chi connectivity index (χ3v) is 2.21. The Morgan fingerprint density at radius 2 is 1.73 bits per heavy atom. The maximum absolute atomic E-state index is 7.63. The van der Waals surface area contributed by atoms with E-state index in [9.17, 15) is 0 Å². The van der Waals surface area contributed by atoms with Gasteiger partial charge in [-0.05, 0) is 37.5 Å². The molecule has 2 heteroatoms. The average Bonchev–Trinajstić information content (AvgIpc) is 1.98. The van der Waals surface area contributed by atoms with Gasteiger partial charge in [-0.25, -0.2) is 0 Å². The predicted octanol–water partition coefficient (Wildman–Crippen LogP) is 2.20. The van der Waals surface area contributed by atoms with Crippen LogP contribution in [0.2, 0.25) is 0 Å². The van der Waals surface area contributed by atoms with E-state index >= 15 is 0 Å². The van der Waals surface area contributed by atoms with Crippen molar-refractivity contribution in [2.24, 2.45) is 5.73 Å². The fourth-order valence-electron chi connectivity index (χ4n) is 1.47. The summed E-state index contributed by atoms with van der Waals surface area (Å²) in [7, 11) is 0. The first kappa shape index (κ1) is 8.31. The van der Waals surface area contributed by atoms with Gasteiger partial charge in [-0.1, -0.05) is 12.8 Å². The summed E-state index contributed by atoms with van der Waals surface area (Å²) >= 11 is 0. The molecular weight excluding hydrogens is 136 g/mol. The van der Waals surface area contributed by atoms with Gasteiger partial charge in [-0.15, -0.1) is 0 Å². The van der Waals surface area contributed by atoms with Crippen LogP contribution in [-0.4, -0.2) is 5.71 Å². The topological polar surface area (TPSA) is 49.9 Å². The molecule has 1 fully saturated rings. The van der Waals surface area contributed by atoms with Crippen molar-refractivity contribution in [1.29, 1.82) is 5.41 Å². The van der Waals surface area contributed by atoms with Crippen molar-refractivity contribution < 1.29 is 0 Å². The van der Waals surface area contributed by atoms with Gasteiger partial charge in [0, 0.05) is 5.71 Å². The maximum Gasteiger partial charge on any atom is 0.0360 e. The molecule has 0 aromatic heterocycles. The van der Waals surface area contributed by atoms with Gasteiger partial charge in [0.2, 0.25) is 0 Å². The number of nitrogens with one attached hydrogen (secondary N) is 1. The molecule has 3 N–H and O–H groups in total. The Balaban J connectivity index is 2.53. The number of allylic oxidation sites excluding steroid dienone is 1. The normalized spacial score (nSPS) is 24.7. The molecule has 0 heterocycles. The molecule has 0 radical (unpaired) electrons. The third-order valence-electron chi connectivity index (χ3n) is 2.21. The van der Waals surface area contributed by atoms with Gasteiger partial charge in [0.25, 0.3) is 0 Å². The molecular formula is C9H16N2. The average molecular weight is 152 g/mol. The SMILES string of the molecule is N=C1CCCCCC/C1=C/N. The zero-order chi connectivity index (χ0) is 8.10. The molecule has 1 aliphatic rings. The van der Waals surface area contributed by atoms with Gasteiger partial charge in [-0.3, -0.25) is 0 Å². The first-order chi connectivity index (χ1) is 5.34. The van der Waals surface area contributed by atoms with Crippen LogP contribution in [0.5, 0.6) is 0 Å². The van der Waals surface area contributed by atoms with Crippen molar-refractivity contribution in [2.45, 2.75) is 38.5 Å². The lowest BCUT2D eigenvalue weighted by Gasteiger charge is -2.11. The van der Waals surface area contributed by atoms with E-state index < -0.39 is 0 Å². The largest absolute Gasteiger partial charge is 0.404 e. The van der Waals surface area contributed by atoms with E-state index in [1.54, 1.807) is 6.20 Å². The molecule has 0 unspecified atom stereocenters. The van der Waals surface area contributed by atoms with Crippen LogP contribution in [0.1, 0.15) is 38.5 Å². The van der Waals surface area contributed by atoms with Crippen LogP contribution in [0, 0.1) is 5.41 Å². The van der Waals surface area contributed by atoms with Crippen LogP contribution in [0.3, 0.4) is 0 Å². The summed E-state index contributed by atoms with van der Waals surface area (Å²) in [4.78, 5) is 0. The van der Waals surface area contributed by atoms with Crippen molar-refractivity contribution in [2.75, 3.05) is 0 Å². The first-order valence-electron chi connectivity index (χ1n) is 4.33. The van der Waals surface area contributed by atoms with E-state index in [2.05, 4.69) is 0 Å². The summed E-state index contributed by atoms with van der Waals surface area (Å²) < 4.78 is 0. The molecule has 62 valence electrons. The fraction of sp³-hybridized carbons (Fsp3) is 0.667. The van der Waals surface area contributed by atoms with Gasteiger partial charge < -0.3 is 11.1 Å². The maximum atomic E-state index is 7.63. The smallest absolute Gasteiger partial charge is 0.0360 e. The van der Waals surface area contributed by atoms with Gasteiger partial charge in [0.15, 0.2) is 0 Å². The van der Waals surface area contributed by atoms with E-state index in [-0.39, 0.29) is 0 Å². The summed E-state index contributed by atoms with van der Waals surface area (Å²) in [5.41, 5.74) is 7.23. The van der Waals surface area contributed by atoms with Crippen LogP contribution in [0.25, 0.3) is 0 Å². The molecule has 0 atom stereocenters. The van der Waals surface area contributed by atoms with Crippen LogP contribution in [0.4, 0.5) is 0 Å². The van der Waals surface area contributed by atoms with Crippen LogP contribution >= 0.6 is 0 Å². The minimum absolute atomic E-state index is 0.757. The summed E-state index contributed by atoms with van der Waals surface area (Å²) in [6, 6.07) is 0. The lowest BCUT2D eigenvalue weighted by molar-refractivity contribution is 0.638. The molecule has 0 saturated heterocycles. The number of hydrogen-bond donors (Lipinski definition) is 2. The quantitative estimate of drug-likeness (QED) is 0.549. The fourth-order valence-corrected chi connectivity index (χ4v) is 1.47. The van der Waals surface area contributed by atoms with Crippen molar-refractivity contribution in [3.63, 3.8) is 0 Å². The van der Waals surface area contributed by atoms with Crippen molar-refractivity contribution >= 4 is 5.71 Å². The summed E-state index contributed by atoms with van der Waals surface area (Å²) in [6.07, 6.45) is 8.47. The molecule has 0 aliphatic heterocycles. The van der Waals surface area contributed by atoms with Crippen molar-refractivity contribution in [3.05, 3.63) is 11.8 Å². The predicted molar refractivity (Wildman–Crippen MR) is 47.7 cm³/mol. The van der Waals surface area contributed by atoms with E-state index in [1.165, 1.54) is 19.3 Å². The summed E-state index contributed by atoms with van der Waals surface area (Å²) in [6.45, 7) is 0. The number of rotatable bonds is 0. The monoisotopic (exact) mass is 152 g/mol.